The topological polar surface area (TPSA) is 61.4 Å². The Balaban J connectivity index is 1.42. The second-order valence-corrected chi connectivity index (χ2v) is 8.96. The molecule has 1 aliphatic heterocycles. The molecule has 1 N–H and O–H groups in total. The molecule has 0 spiro atoms. The van der Waals surface area contributed by atoms with Crippen LogP contribution in [0.2, 0.25) is 0 Å². The summed E-state index contributed by atoms with van der Waals surface area (Å²) in [5, 5.41) is 5.13. The summed E-state index contributed by atoms with van der Waals surface area (Å²) in [6, 6.07) is 11.7. The molecule has 156 valence electrons. The molecule has 1 aliphatic rings. The largest absolute Gasteiger partial charge is 0.354 e. The van der Waals surface area contributed by atoms with Gasteiger partial charge in [-0.05, 0) is 25.2 Å². The Morgan fingerprint density at radius 1 is 1.13 bits per heavy atom. The highest BCUT2D eigenvalue weighted by atomic mass is 32.2. The lowest BCUT2D eigenvalue weighted by Crippen LogP contribution is -2.45. The smallest absolute Gasteiger partial charge is 0.252 e. The third kappa shape index (κ3) is 5.19. The first-order valence-corrected chi connectivity index (χ1v) is 11.9. The summed E-state index contributed by atoms with van der Waals surface area (Å²) in [4.78, 5) is 27.5. The molecule has 4 rings (SSSR count). The fourth-order valence-electron chi connectivity index (χ4n) is 3.38. The van der Waals surface area contributed by atoms with E-state index in [1.54, 1.807) is 23.1 Å². The van der Waals surface area contributed by atoms with Gasteiger partial charge in [-0.1, -0.05) is 18.2 Å². The maximum atomic E-state index is 13.0. The Bertz CT molecular complexity index is 971. The lowest BCUT2D eigenvalue weighted by Gasteiger charge is -2.34. The van der Waals surface area contributed by atoms with Crippen molar-refractivity contribution in [1.82, 2.24) is 20.2 Å². The molecule has 1 fully saturated rings. The van der Waals surface area contributed by atoms with E-state index in [0.717, 1.165) is 53.9 Å². The lowest BCUT2D eigenvalue weighted by atomic mass is 10.2. The molecule has 8 heteroatoms. The van der Waals surface area contributed by atoms with E-state index < -0.39 is 0 Å². The van der Waals surface area contributed by atoms with Crippen molar-refractivity contribution >= 4 is 34.8 Å². The molecule has 3 heterocycles. The van der Waals surface area contributed by atoms with Crippen LogP contribution in [0, 0.1) is 0 Å². The van der Waals surface area contributed by atoms with Gasteiger partial charge in [0, 0.05) is 60.5 Å². The van der Waals surface area contributed by atoms with Crippen molar-refractivity contribution in [2.75, 3.05) is 38.1 Å². The summed E-state index contributed by atoms with van der Waals surface area (Å²) in [6.07, 6.45) is 1.82. The van der Waals surface area contributed by atoms with Gasteiger partial charge in [-0.2, -0.15) is 0 Å². The summed E-state index contributed by atoms with van der Waals surface area (Å²) in [5.74, 6) is 1.66. The van der Waals surface area contributed by atoms with Crippen molar-refractivity contribution in [1.29, 1.82) is 0 Å². The Hall–Kier alpha value is -2.42. The van der Waals surface area contributed by atoms with Crippen LogP contribution in [0.15, 0.2) is 58.4 Å². The highest BCUT2D eigenvalue weighted by Crippen LogP contribution is 2.26. The number of hydrogen-bond acceptors (Lipinski definition) is 7. The summed E-state index contributed by atoms with van der Waals surface area (Å²) in [5.41, 5.74) is 4.61. The Morgan fingerprint density at radius 3 is 2.77 bits per heavy atom. The highest BCUT2D eigenvalue weighted by molar-refractivity contribution is 7.98. The number of nitrogens with one attached hydrogen (secondary N) is 1. The van der Waals surface area contributed by atoms with E-state index in [9.17, 15) is 4.79 Å². The molecule has 0 bridgehead atoms. The predicted octanol–water partition coefficient (Wildman–Crippen LogP) is 3.51. The van der Waals surface area contributed by atoms with Crippen LogP contribution >= 0.6 is 23.1 Å². The summed E-state index contributed by atoms with van der Waals surface area (Å²) in [6.45, 7) is 4.40. The zero-order chi connectivity index (χ0) is 20.8. The van der Waals surface area contributed by atoms with Gasteiger partial charge in [-0.15, -0.1) is 23.1 Å². The van der Waals surface area contributed by atoms with Crippen molar-refractivity contribution in [2.45, 2.75) is 17.2 Å². The van der Waals surface area contributed by atoms with Gasteiger partial charge in [0.05, 0.1) is 16.8 Å². The maximum Gasteiger partial charge on any atom is 0.252 e. The molecule has 6 nitrogen and oxygen atoms in total. The van der Waals surface area contributed by atoms with Gasteiger partial charge in [-0.3, -0.25) is 4.79 Å². The van der Waals surface area contributed by atoms with Gasteiger partial charge in [0.1, 0.15) is 5.82 Å². The number of rotatable bonds is 7. The van der Waals surface area contributed by atoms with Crippen LogP contribution in [-0.2, 0) is 12.3 Å². The molecule has 1 amide bonds. The zero-order valence-corrected chi connectivity index (χ0v) is 18.6. The highest BCUT2D eigenvalue weighted by Gasteiger charge is 2.19. The SMILES string of the molecule is CN1CCN(c2ncccc2CNC(=O)c2ccccc2SCc2cscn2)CC1. The lowest BCUT2D eigenvalue weighted by molar-refractivity contribution is 0.0948. The molecule has 0 saturated carbocycles. The number of amides is 1. The molecule has 0 aliphatic carbocycles. The van der Waals surface area contributed by atoms with E-state index in [4.69, 9.17) is 0 Å². The molecule has 1 saturated heterocycles. The van der Waals surface area contributed by atoms with Crippen LogP contribution < -0.4 is 10.2 Å². The molecular weight excluding hydrogens is 414 g/mol. The number of carbonyl (C=O) groups excluding carboxylic acids is 1. The first-order chi connectivity index (χ1) is 14.7. The van der Waals surface area contributed by atoms with Gasteiger partial charge in [0.2, 0.25) is 0 Å². The number of anilines is 1. The number of nitrogens with zero attached hydrogens (tertiary/aromatic N) is 4. The van der Waals surface area contributed by atoms with Crippen molar-refractivity contribution < 1.29 is 4.79 Å². The number of piperazine rings is 1. The average Bonchev–Trinajstić information content (AvgIpc) is 3.31. The van der Waals surface area contributed by atoms with Crippen molar-refractivity contribution in [3.05, 3.63) is 70.3 Å². The third-order valence-electron chi connectivity index (χ3n) is 5.10. The fraction of sp³-hybridized carbons (Fsp3) is 0.318. The summed E-state index contributed by atoms with van der Waals surface area (Å²) < 4.78 is 0. The molecule has 0 radical (unpaired) electrons. The first kappa shape index (κ1) is 20.8. The first-order valence-electron chi connectivity index (χ1n) is 9.95. The monoisotopic (exact) mass is 439 g/mol. The average molecular weight is 440 g/mol. The normalized spacial score (nSPS) is 14.6. The minimum atomic E-state index is -0.0652. The van der Waals surface area contributed by atoms with Gasteiger partial charge in [0.15, 0.2) is 0 Å². The Morgan fingerprint density at radius 2 is 1.97 bits per heavy atom. The van der Waals surface area contributed by atoms with Crippen molar-refractivity contribution in [3.8, 4) is 0 Å². The van der Waals surface area contributed by atoms with Crippen LogP contribution in [0.4, 0.5) is 5.82 Å². The van der Waals surface area contributed by atoms with Gasteiger partial charge < -0.3 is 15.1 Å². The second kappa shape index (κ2) is 10.1. The maximum absolute atomic E-state index is 13.0. The Labute approximate surface area is 185 Å². The van der Waals surface area contributed by atoms with Crippen LogP contribution in [0.25, 0.3) is 0 Å². The third-order valence-corrected chi connectivity index (χ3v) is 6.84. The van der Waals surface area contributed by atoms with E-state index in [1.165, 1.54) is 0 Å². The van der Waals surface area contributed by atoms with Crippen LogP contribution in [0.3, 0.4) is 0 Å². The molecular formula is C22H25N5OS2. The number of benzene rings is 1. The van der Waals surface area contributed by atoms with E-state index in [0.29, 0.717) is 12.1 Å². The van der Waals surface area contributed by atoms with E-state index in [1.807, 2.05) is 53.5 Å². The quantitative estimate of drug-likeness (QED) is 0.569. The predicted molar refractivity (Wildman–Crippen MR) is 123 cm³/mol. The minimum Gasteiger partial charge on any atom is -0.354 e. The van der Waals surface area contributed by atoms with Crippen molar-refractivity contribution in [3.63, 3.8) is 0 Å². The van der Waals surface area contributed by atoms with Crippen LogP contribution in [0.1, 0.15) is 21.6 Å². The number of pyridine rings is 1. The minimum absolute atomic E-state index is 0.0652. The standard InChI is InChI=1S/C22H25N5OS2/c1-26-9-11-27(12-10-26)21-17(5-4-8-23-21)13-24-22(28)19-6-2-3-7-20(19)30-15-18-14-29-16-25-18/h2-8,14,16H,9-13,15H2,1H3,(H,24,28). The molecule has 0 atom stereocenters. The zero-order valence-electron chi connectivity index (χ0n) is 17.0. The molecule has 2 aromatic heterocycles. The second-order valence-electron chi connectivity index (χ2n) is 7.22. The fourth-order valence-corrected chi connectivity index (χ4v) is 5.00. The van der Waals surface area contributed by atoms with Crippen molar-refractivity contribution in [2.24, 2.45) is 0 Å². The summed E-state index contributed by atoms with van der Waals surface area (Å²) in [7, 11) is 2.14. The number of likely N-dealkylation sites (N-methyl/N-ethyl adjacent to an activating group) is 1. The number of carbonyl (C=O) groups is 1. The molecule has 3 aromatic rings. The summed E-state index contributed by atoms with van der Waals surface area (Å²) >= 11 is 3.23. The van der Waals surface area contributed by atoms with E-state index >= 15 is 0 Å². The number of thiazole rings is 1. The van der Waals surface area contributed by atoms with Crippen LogP contribution in [0.5, 0.6) is 0 Å². The molecule has 1 aromatic carbocycles. The van der Waals surface area contributed by atoms with Gasteiger partial charge in [0.25, 0.3) is 5.91 Å². The van der Waals surface area contributed by atoms with Gasteiger partial charge >= 0.3 is 0 Å². The van der Waals surface area contributed by atoms with Crippen LogP contribution in [-0.4, -0.2) is 54.0 Å². The molecule has 0 unspecified atom stereocenters. The number of hydrogen-bond donors (Lipinski definition) is 1. The number of thioether (sulfide) groups is 1. The number of aromatic nitrogens is 2. The Kier molecular flexibility index (Phi) is 6.99. The van der Waals surface area contributed by atoms with Gasteiger partial charge in [-0.25, -0.2) is 9.97 Å². The van der Waals surface area contributed by atoms with E-state index in [2.05, 4.69) is 32.1 Å². The van der Waals surface area contributed by atoms with E-state index in [-0.39, 0.29) is 5.91 Å². The molecule has 30 heavy (non-hydrogen) atoms.